The van der Waals surface area contributed by atoms with Crippen molar-refractivity contribution >= 4 is 23.0 Å². The van der Waals surface area contributed by atoms with E-state index < -0.39 is 5.92 Å². The van der Waals surface area contributed by atoms with Gasteiger partial charge in [0, 0.05) is 12.8 Å². The lowest BCUT2D eigenvalue weighted by Crippen LogP contribution is -2.32. The third kappa shape index (κ3) is 3.67. The number of amides is 1. The molecule has 2 aromatic rings. The number of benzene rings is 2. The second-order valence-corrected chi connectivity index (χ2v) is 5.79. The highest BCUT2D eigenvalue weighted by Gasteiger charge is 2.39. The van der Waals surface area contributed by atoms with Crippen LogP contribution in [-0.4, -0.2) is 37.6 Å². The second kappa shape index (κ2) is 7.85. The van der Waals surface area contributed by atoms with E-state index in [9.17, 15) is 4.79 Å². The van der Waals surface area contributed by atoms with Gasteiger partial charge in [-0.1, -0.05) is 48.5 Å². The molecule has 0 aromatic heterocycles. The van der Waals surface area contributed by atoms with Gasteiger partial charge in [-0.15, -0.1) is 0 Å². The average molecular weight is 335 g/mol. The molecule has 1 atom stereocenters. The molecule has 0 aliphatic carbocycles. The first kappa shape index (κ1) is 17.0. The van der Waals surface area contributed by atoms with Gasteiger partial charge in [-0.3, -0.25) is 9.79 Å². The molecule has 128 valence electrons. The third-order valence-electron chi connectivity index (χ3n) is 4.08. The molecule has 0 N–H and O–H groups in total. The summed E-state index contributed by atoms with van der Waals surface area (Å²) in [5.74, 6) is -0.553. The van der Waals surface area contributed by atoms with Crippen LogP contribution in [0.15, 0.2) is 70.8 Å². The summed E-state index contributed by atoms with van der Waals surface area (Å²) >= 11 is 0. The topological polar surface area (TPSA) is 54.3 Å². The number of carbonyl (C=O) groups is 1. The summed E-state index contributed by atoms with van der Waals surface area (Å²) in [4.78, 5) is 17.6. The smallest absolute Gasteiger partial charge is 0.262 e. The van der Waals surface area contributed by atoms with Crippen LogP contribution >= 0.6 is 0 Å². The molecule has 3 rings (SSSR count). The molecule has 0 fully saturated rings. The maximum Gasteiger partial charge on any atom is 0.262 e. The van der Waals surface area contributed by atoms with E-state index in [1.54, 1.807) is 7.11 Å². The Morgan fingerprint density at radius 2 is 1.76 bits per heavy atom. The van der Waals surface area contributed by atoms with Crippen molar-refractivity contribution in [3.63, 3.8) is 0 Å². The average Bonchev–Trinajstić information content (AvgIpc) is 3.00. The Balaban J connectivity index is 1.99. The van der Waals surface area contributed by atoms with Gasteiger partial charge in [-0.2, -0.15) is 10.1 Å². The van der Waals surface area contributed by atoms with E-state index in [0.717, 1.165) is 22.7 Å². The Morgan fingerprint density at radius 1 is 1.12 bits per heavy atom. The van der Waals surface area contributed by atoms with Crippen LogP contribution in [0.4, 0.5) is 5.69 Å². The van der Waals surface area contributed by atoms with Crippen molar-refractivity contribution in [1.82, 2.24) is 0 Å². The molecule has 0 radical (unpaired) electrons. The van der Waals surface area contributed by atoms with Crippen molar-refractivity contribution in [2.45, 2.75) is 6.92 Å². The summed E-state index contributed by atoms with van der Waals surface area (Å²) in [5.41, 5.74) is 3.17. The number of rotatable bonds is 6. The van der Waals surface area contributed by atoms with Gasteiger partial charge in [0.05, 0.1) is 24.6 Å². The van der Waals surface area contributed by atoms with Crippen molar-refractivity contribution in [2.24, 2.45) is 16.0 Å². The van der Waals surface area contributed by atoms with Gasteiger partial charge in [0.2, 0.25) is 0 Å². The predicted octanol–water partition coefficient (Wildman–Crippen LogP) is 3.16. The molecule has 1 aliphatic rings. The Kier molecular flexibility index (Phi) is 5.36. The molecular formula is C20H21N3O2. The Bertz CT molecular complexity index is 785. The minimum Gasteiger partial charge on any atom is -0.383 e. The highest BCUT2D eigenvalue weighted by atomic mass is 16.5. The van der Waals surface area contributed by atoms with E-state index in [4.69, 9.17) is 4.74 Å². The fourth-order valence-electron chi connectivity index (χ4n) is 2.82. The first-order chi connectivity index (χ1) is 12.2. The molecule has 0 saturated carbocycles. The number of anilines is 1. The van der Waals surface area contributed by atoms with Crippen LogP contribution in [0.1, 0.15) is 12.5 Å². The Hall–Kier alpha value is -2.79. The number of aliphatic imine (C=N–C) groups is 1. The zero-order chi connectivity index (χ0) is 17.6. The molecular weight excluding hydrogens is 314 g/mol. The van der Waals surface area contributed by atoms with Gasteiger partial charge < -0.3 is 4.74 Å². The number of methoxy groups -OCH3 is 1. The molecule has 1 aliphatic heterocycles. The van der Waals surface area contributed by atoms with Crippen LogP contribution in [0, 0.1) is 5.92 Å². The lowest BCUT2D eigenvalue weighted by Gasteiger charge is -2.14. The molecule has 25 heavy (non-hydrogen) atoms. The Morgan fingerprint density at radius 3 is 2.40 bits per heavy atom. The Labute approximate surface area is 147 Å². The minimum absolute atomic E-state index is 0.0799. The predicted molar refractivity (Wildman–Crippen MR) is 100 cm³/mol. The van der Waals surface area contributed by atoms with Crippen molar-refractivity contribution in [3.8, 4) is 0 Å². The quantitative estimate of drug-likeness (QED) is 0.601. The van der Waals surface area contributed by atoms with Crippen LogP contribution < -0.4 is 5.01 Å². The maximum absolute atomic E-state index is 13.1. The molecule has 2 aromatic carbocycles. The number of carbonyl (C=O) groups excluding carboxylic acids is 1. The van der Waals surface area contributed by atoms with Crippen LogP contribution in [0.3, 0.4) is 0 Å². The molecule has 0 saturated heterocycles. The zero-order valence-corrected chi connectivity index (χ0v) is 14.4. The van der Waals surface area contributed by atoms with E-state index in [2.05, 4.69) is 10.1 Å². The summed E-state index contributed by atoms with van der Waals surface area (Å²) < 4.78 is 5.05. The molecule has 5 nitrogen and oxygen atoms in total. The molecule has 0 bridgehead atoms. The zero-order valence-electron chi connectivity index (χ0n) is 14.4. The van der Waals surface area contributed by atoms with Gasteiger partial charge in [0.25, 0.3) is 5.91 Å². The molecule has 1 heterocycles. The van der Waals surface area contributed by atoms with Crippen LogP contribution in [0.25, 0.3) is 0 Å². The standard InChI is InChI=1S/C20H21N3O2/c1-15(21-13-14-25-2)18-19(16-9-5-3-6-10-16)22-23(20(18)24)17-11-7-4-8-12-17/h3-12,18H,13-14H2,1-2H3. The summed E-state index contributed by atoms with van der Waals surface area (Å²) in [7, 11) is 1.64. The van der Waals surface area contributed by atoms with Crippen molar-refractivity contribution in [2.75, 3.05) is 25.3 Å². The van der Waals surface area contributed by atoms with Gasteiger partial charge in [0.15, 0.2) is 0 Å². The lowest BCUT2D eigenvalue weighted by molar-refractivity contribution is -0.118. The summed E-state index contributed by atoms with van der Waals surface area (Å²) in [6.07, 6.45) is 0. The van der Waals surface area contributed by atoms with Crippen LogP contribution in [-0.2, 0) is 9.53 Å². The third-order valence-corrected chi connectivity index (χ3v) is 4.08. The van der Waals surface area contributed by atoms with Crippen LogP contribution in [0.5, 0.6) is 0 Å². The summed E-state index contributed by atoms with van der Waals surface area (Å²) in [6, 6.07) is 19.2. The van der Waals surface area contributed by atoms with E-state index in [1.165, 1.54) is 5.01 Å². The van der Waals surface area contributed by atoms with Gasteiger partial charge in [-0.25, -0.2) is 0 Å². The SMILES string of the molecule is COCCN=C(C)C1C(=O)N(c2ccccc2)N=C1c1ccccc1. The van der Waals surface area contributed by atoms with Crippen molar-refractivity contribution in [3.05, 3.63) is 66.2 Å². The van der Waals surface area contributed by atoms with Crippen LogP contribution in [0.2, 0.25) is 0 Å². The largest absolute Gasteiger partial charge is 0.383 e. The highest BCUT2D eigenvalue weighted by Crippen LogP contribution is 2.27. The highest BCUT2D eigenvalue weighted by molar-refractivity contribution is 6.32. The molecule has 0 spiro atoms. The number of hydrazone groups is 1. The second-order valence-electron chi connectivity index (χ2n) is 5.79. The van der Waals surface area contributed by atoms with E-state index in [0.29, 0.717) is 13.2 Å². The van der Waals surface area contributed by atoms with Gasteiger partial charge in [-0.05, 0) is 24.6 Å². The van der Waals surface area contributed by atoms with Crippen molar-refractivity contribution in [1.29, 1.82) is 0 Å². The number of hydrogen-bond acceptors (Lipinski definition) is 4. The fourth-order valence-corrected chi connectivity index (χ4v) is 2.82. The first-order valence-corrected chi connectivity index (χ1v) is 8.25. The first-order valence-electron chi connectivity index (χ1n) is 8.25. The van der Waals surface area contributed by atoms with Gasteiger partial charge in [0.1, 0.15) is 5.92 Å². The van der Waals surface area contributed by atoms with E-state index in [-0.39, 0.29) is 5.91 Å². The summed E-state index contributed by atoms with van der Waals surface area (Å²) in [5, 5.41) is 6.10. The number of nitrogens with zero attached hydrogens (tertiary/aromatic N) is 3. The number of hydrogen-bond donors (Lipinski definition) is 0. The molecule has 1 unspecified atom stereocenters. The maximum atomic E-state index is 13.1. The lowest BCUT2D eigenvalue weighted by atomic mass is 9.93. The summed E-state index contributed by atoms with van der Waals surface area (Å²) in [6.45, 7) is 2.93. The molecule has 5 heteroatoms. The minimum atomic E-state index is -0.473. The monoisotopic (exact) mass is 335 g/mol. The molecule has 1 amide bonds. The normalized spacial score (nSPS) is 17.8. The number of ether oxygens (including phenoxy) is 1. The fraction of sp³-hybridized carbons (Fsp3) is 0.250. The van der Waals surface area contributed by atoms with Gasteiger partial charge >= 0.3 is 0 Å². The van der Waals surface area contributed by atoms with E-state index in [1.807, 2.05) is 67.6 Å². The van der Waals surface area contributed by atoms with Crippen molar-refractivity contribution < 1.29 is 9.53 Å². The van der Waals surface area contributed by atoms with E-state index >= 15 is 0 Å². The number of para-hydroxylation sites is 1.